The van der Waals surface area contributed by atoms with E-state index in [2.05, 4.69) is 15.8 Å². The van der Waals surface area contributed by atoms with Gasteiger partial charge in [-0.15, -0.1) is 0 Å². The molecule has 5 nitrogen and oxygen atoms in total. The van der Waals surface area contributed by atoms with Crippen molar-refractivity contribution in [2.75, 3.05) is 5.32 Å². The number of carbonyl (C=O) groups is 2. The van der Waals surface area contributed by atoms with Crippen molar-refractivity contribution in [2.24, 2.45) is 5.10 Å². The molecular weight excluding hydrogens is 350 g/mol. The molecule has 140 valence electrons. The first-order chi connectivity index (χ1) is 13.6. The lowest BCUT2D eigenvalue weighted by molar-refractivity contribution is 0.0954. The third kappa shape index (κ3) is 5.14. The van der Waals surface area contributed by atoms with E-state index >= 15 is 0 Å². The maximum absolute atomic E-state index is 12.3. The number of rotatable bonds is 6. The minimum Gasteiger partial charge on any atom is -0.322 e. The molecule has 5 heteroatoms. The molecule has 0 aromatic heterocycles. The monoisotopic (exact) mass is 371 g/mol. The van der Waals surface area contributed by atoms with Crippen molar-refractivity contribution in [3.05, 3.63) is 101 Å². The van der Waals surface area contributed by atoms with Gasteiger partial charge in [0.2, 0.25) is 0 Å². The number of nitrogens with one attached hydrogen (secondary N) is 2. The number of hydrazone groups is 1. The summed E-state index contributed by atoms with van der Waals surface area (Å²) < 4.78 is 0. The Balaban J connectivity index is 1.54. The van der Waals surface area contributed by atoms with Crippen LogP contribution in [0.5, 0.6) is 0 Å². The molecule has 0 fully saturated rings. The van der Waals surface area contributed by atoms with Crippen molar-refractivity contribution in [1.29, 1.82) is 0 Å². The predicted octanol–water partition coefficient (Wildman–Crippen LogP) is 4.21. The number of nitrogens with zero attached hydrogens (tertiary/aromatic N) is 1. The van der Waals surface area contributed by atoms with Crippen molar-refractivity contribution in [2.45, 2.75) is 13.3 Å². The summed E-state index contributed by atoms with van der Waals surface area (Å²) >= 11 is 0. The minimum absolute atomic E-state index is 0.180. The number of hydrogen-bond donors (Lipinski definition) is 2. The highest BCUT2D eigenvalue weighted by atomic mass is 16.2. The number of amides is 2. The molecule has 3 aromatic carbocycles. The second-order valence-corrected chi connectivity index (χ2v) is 6.29. The van der Waals surface area contributed by atoms with Crippen LogP contribution in [0.4, 0.5) is 5.69 Å². The minimum atomic E-state index is -0.305. The van der Waals surface area contributed by atoms with Crippen molar-refractivity contribution < 1.29 is 9.59 Å². The molecule has 0 radical (unpaired) electrons. The van der Waals surface area contributed by atoms with Crippen LogP contribution in [0.25, 0.3) is 0 Å². The van der Waals surface area contributed by atoms with Gasteiger partial charge in [-0.1, -0.05) is 48.5 Å². The van der Waals surface area contributed by atoms with E-state index in [4.69, 9.17) is 0 Å². The van der Waals surface area contributed by atoms with Gasteiger partial charge in [0.15, 0.2) is 0 Å². The molecule has 3 aromatic rings. The quantitative estimate of drug-likeness (QED) is 0.503. The standard InChI is InChI=1S/C23H21N3O2/c1-17-7-5-6-10-21(17)23(28)25-20-13-11-19(12-14-20)22(27)26-24-16-15-18-8-3-2-4-9-18/h2-14,16H,15H2,1H3,(H,25,28)(H,26,27)/b24-16+. The Morgan fingerprint density at radius 3 is 2.25 bits per heavy atom. The maximum atomic E-state index is 12.3. The number of benzene rings is 3. The molecule has 0 unspecified atom stereocenters. The Morgan fingerprint density at radius 1 is 0.857 bits per heavy atom. The Labute approximate surface area is 164 Å². The van der Waals surface area contributed by atoms with Gasteiger partial charge in [-0.25, -0.2) is 5.43 Å². The molecule has 0 bridgehead atoms. The van der Waals surface area contributed by atoms with Gasteiger partial charge < -0.3 is 5.32 Å². The van der Waals surface area contributed by atoms with Gasteiger partial charge in [-0.2, -0.15) is 5.10 Å². The Morgan fingerprint density at radius 2 is 1.54 bits per heavy atom. The summed E-state index contributed by atoms with van der Waals surface area (Å²) in [6.07, 6.45) is 2.30. The van der Waals surface area contributed by atoms with Gasteiger partial charge in [-0.3, -0.25) is 9.59 Å². The van der Waals surface area contributed by atoms with Crippen molar-refractivity contribution in [3.8, 4) is 0 Å². The van der Waals surface area contributed by atoms with E-state index < -0.39 is 0 Å². The first kappa shape index (κ1) is 19.0. The molecule has 0 saturated heterocycles. The highest BCUT2D eigenvalue weighted by molar-refractivity contribution is 6.05. The fourth-order valence-electron chi connectivity index (χ4n) is 2.66. The smallest absolute Gasteiger partial charge is 0.271 e. The van der Waals surface area contributed by atoms with Crippen LogP contribution >= 0.6 is 0 Å². The molecule has 2 N–H and O–H groups in total. The van der Waals surface area contributed by atoms with E-state index in [1.165, 1.54) is 0 Å². The van der Waals surface area contributed by atoms with Gasteiger partial charge >= 0.3 is 0 Å². The predicted molar refractivity (Wildman–Crippen MR) is 112 cm³/mol. The van der Waals surface area contributed by atoms with E-state index in [0.29, 0.717) is 23.2 Å². The zero-order valence-electron chi connectivity index (χ0n) is 15.6. The SMILES string of the molecule is Cc1ccccc1C(=O)Nc1ccc(C(=O)N/N=C/Cc2ccccc2)cc1. The first-order valence-corrected chi connectivity index (χ1v) is 8.96. The molecular formula is C23H21N3O2. The van der Waals surface area contributed by atoms with Crippen LogP contribution in [0.15, 0.2) is 84.0 Å². The number of anilines is 1. The molecule has 2 amide bonds. The topological polar surface area (TPSA) is 70.6 Å². The van der Waals surface area contributed by atoms with E-state index in [1.807, 2.05) is 55.5 Å². The average molecular weight is 371 g/mol. The van der Waals surface area contributed by atoms with Gasteiger partial charge in [0, 0.05) is 29.4 Å². The van der Waals surface area contributed by atoms with E-state index in [9.17, 15) is 9.59 Å². The van der Waals surface area contributed by atoms with Crippen LogP contribution in [-0.2, 0) is 6.42 Å². The first-order valence-electron chi connectivity index (χ1n) is 8.96. The van der Waals surface area contributed by atoms with E-state index in [1.54, 1.807) is 36.5 Å². The second kappa shape index (κ2) is 9.28. The van der Waals surface area contributed by atoms with Crippen molar-refractivity contribution in [1.82, 2.24) is 5.43 Å². The van der Waals surface area contributed by atoms with Crippen LogP contribution in [0.3, 0.4) is 0 Å². The van der Waals surface area contributed by atoms with Crippen molar-refractivity contribution in [3.63, 3.8) is 0 Å². The van der Waals surface area contributed by atoms with Gasteiger partial charge in [0.05, 0.1) is 0 Å². The van der Waals surface area contributed by atoms with E-state index in [0.717, 1.165) is 11.1 Å². The summed E-state index contributed by atoms with van der Waals surface area (Å²) in [6, 6.07) is 23.9. The molecule has 0 aliphatic heterocycles. The maximum Gasteiger partial charge on any atom is 0.271 e. The van der Waals surface area contributed by atoms with Crippen LogP contribution < -0.4 is 10.7 Å². The third-order valence-electron chi connectivity index (χ3n) is 4.22. The summed E-state index contributed by atoms with van der Waals surface area (Å²) in [4.78, 5) is 24.5. The molecule has 0 saturated carbocycles. The Hall–Kier alpha value is -3.73. The number of aryl methyl sites for hydroxylation is 1. The van der Waals surface area contributed by atoms with Crippen LogP contribution in [0.1, 0.15) is 31.8 Å². The van der Waals surface area contributed by atoms with Crippen LogP contribution in [-0.4, -0.2) is 18.0 Å². The van der Waals surface area contributed by atoms with Gasteiger partial charge in [0.25, 0.3) is 11.8 Å². The summed E-state index contributed by atoms with van der Waals surface area (Å²) in [6.45, 7) is 1.89. The molecule has 0 aliphatic rings. The lowest BCUT2D eigenvalue weighted by atomic mass is 10.1. The number of carbonyl (C=O) groups excluding carboxylic acids is 2. The highest BCUT2D eigenvalue weighted by Gasteiger charge is 2.09. The number of hydrogen-bond acceptors (Lipinski definition) is 3. The lowest BCUT2D eigenvalue weighted by Crippen LogP contribution is -2.18. The second-order valence-electron chi connectivity index (χ2n) is 6.29. The zero-order valence-corrected chi connectivity index (χ0v) is 15.6. The van der Waals surface area contributed by atoms with Crippen molar-refractivity contribution >= 4 is 23.7 Å². The summed E-state index contributed by atoms with van der Waals surface area (Å²) in [5.41, 5.74) is 6.24. The summed E-state index contributed by atoms with van der Waals surface area (Å²) in [5.74, 6) is -0.484. The zero-order chi connectivity index (χ0) is 19.8. The largest absolute Gasteiger partial charge is 0.322 e. The highest BCUT2D eigenvalue weighted by Crippen LogP contribution is 2.13. The van der Waals surface area contributed by atoms with Crippen LogP contribution in [0.2, 0.25) is 0 Å². The molecule has 0 heterocycles. The molecule has 0 atom stereocenters. The molecule has 0 spiro atoms. The molecule has 0 aliphatic carbocycles. The summed E-state index contributed by atoms with van der Waals surface area (Å²) in [7, 11) is 0. The normalized spacial score (nSPS) is 10.6. The van der Waals surface area contributed by atoms with Gasteiger partial charge in [-0.05, 0) is 48.4 Å². The Bertz CT molecular complexity index is 980. The Kier molecular flexibility index (Phi) is 6.31. The van der Waals surface area contributed by atoms with Crippen LogP contribution in [0, 0.1) is 6.92 Å². The molecule has 28 heavy (non-hydrogen) atoms. The van der Waals surface area contributed by atoms with Gasteiger partial charge in [0.1, 0.15) is 0 Å². The average Bonchev–Trinajstić information content (AvgIpc) is 2.72. The fourth-order valence-corrected chi connectivity index (χ4v) is 2.66. The van der Waals surface area contributed by atoms with E-state index in [-0.39, 0.29) is 11.8 Å². The summed E-state index contributed by atoms with van der Waals surface area (Å²) in [5, 5.41) is 6.80. The third-order valence-corrected chi connectivity index (χ3v) is 4.22. The fraction of sp³-hybridized carbons (Fsp3) is 0.0870. The molecule has 3 rings (SSSR count). The lowest BCUT2D eigenvalue weighted by Gasteiger charge is -2.08.